The van der Waals surface area contributed by atoms with Crippen LogP contribution in [0.4, 0.5) is 0 Å². The zero-order valence-corrected chi connectivity index (χ0v) is 11.0. The van der Waals surface area contributed by atoms with Gasteiger partial charge < -0.3 is 11.1 Å². The van der Waals surface area contributed by atoms with Gasteiger partial charge in [-0.3, -0.25) is 10.3 Å². The quantitative estimate of drug-likeness (QED) is 0.327. The standard InChI is InChI=1S/C13H13N7O/c14-12(17-19-21)11-7-20-8-15-18-13(20)10(16-11)6-9-4-2-1-3-5-9/h1-5,7-8,16,18H,6H2,(H2,14,17,21). The summed E-state index contributed by atoms with van der Waals surface area (Å²) in [6.07, 6.45) is 3.96. The molecule has 0 fully saturated rings. The highest BCUT2D eigenvalue weighted by atomic mass is 16.3. The van der Waals surface area contributed by atoms with E-state index in [-0.39, 0.29) is 5.84 Å². The van der Waals surface area contributed by atoms with Crippen LogP contribution < -0.4 is 16.5 Å². The summed E-state index contributed by atoms with van der Waals surface area (Å²) < 4.78 is 0. The van der Waals surface area contributed by atoms with E-state index in [1.807, 2.05) is 30.3 Å². The van der Waals surface area contributed by atoms with Crippen molar-refractivity contribution in [2.75, 3.05) is 0 Å². The lowest BCUT2D eigenvalue weighted by Crippen LogP contribution is -2.36. The van der Waals surface area contributed by atoms with Gasteiger partial charge in [0.1, 0.15) is 12.0 Å². The fourth-order valence-electron chi connectivity index (χ4n) is 2.14. The summed E-state index contributed by atoms with van der Waals surface area (Å²) in [4.78, 5) is 12.0. The van der Waals surface area contributed by atoms with Gasteiger partial charge >= 0.3 is 0 Å². The largest absolute Gasteiger partial charge is 0.380 e. The molecule has 0 amide bonds. The maximum atomic E-state index is 10.2. The van der Waals surface area contributed by atoms with Gasteiger partial charge in [0, 0.05) is 12.6 Å². The minimum atomic E-state index is 0.0231. The summed E-state index contributed by atoms with van der Waals surface area (Å²) >= 11 is 0. The van der Waals surface area contributed by atoms with Gasteiger partial charge in [0.15, 0.2) is 11.7 Å². The molecule has 0 atom stereocenters. The van der Waals surface area contributed by atoms with E-state index in [0.717, 1.165) is 17.1 Å². The average Bonchev–Trinajstić information content (AvgIpc) is 2.97. The number of amidine groups is 1. The third-order valence-corrected chi connectivity index (χ3v) is 3.10. The van der Waals surface area contributed by atoms with E-state index in [2.05, 4.69) is 26.2 Å². The molecule has 21 heavy (non-hydrogen) atoms. The number of hydrogen-bond acceptors (Lipinski definition) is 6. The van der Waals surface area contributed by atoms with E-state index in [1.54, 1.807) is 17.4 Å². The maximum Gasteiger partial charge on any atom is 0.174 e. The van der Waals surface area contributed by atoms with Crippen LogP contribution in [-0.4, -0.2) is 17.1 Å². The third kappa shape index (κ3) is 2.59. The van der Waals surface area contributed by atoms with E-state index in [4.69, 9.17) is 5.73 Å². The number of rotatable bonds is 4. The Morgan fingerprint density at radius 2 is 2.14 bits per heavy atom. The Bertz CT molecular complexity index is 675. The lowest BCUT2D eigenvalue weighted by Gasteiger charge is -2.25. The number of hydrazone groups is 1. The molecule has 3 rings (SSSR count). The molecule has 8 nitrogen and oxygen atoms in total. The highest BCUT2D eigenvalue weighted by Crippen LogP contribution is 2.20. The van der Waals surface area contributed by atoms with Gasteiger partial charge in [-0.1, -0.05) is 35.4 Å². The number of nitrogens with two attached hydrogens (primary N) is 1. The molecule has 8 heteroatoms. The fraction of sp³-hybridized carbons (Fsp3) is 0.0769. The molecule has 0 saturated heterocycles. The number of nitrogens with one attached hydrogen (secondary N) is 2. The van der Waals surface area contributed by atoms with Crippen molar-refractivity contribution < 1.29 is 0 Å². The molecule has 0 aromatic heterocycles. The van der Waals surface area contributed by atoms with Crippen molar-refractivity contribution >= 4 is 12.2 Å². The molecule has 1 aromatic rings. The number of nitrogens with zero attached hydrogens (tertiary/aromatic N) is 4. The Labute approximate surface area is 120 Å². The van der Waals surface area contributed by atoms with Crippen LogP contribution in [0.5, 0.6) is 0 Å². The molecule has 2 aliphatic rings. The molecule has 0 aliphatic carbocycles. The second-order valence-electron chi connectivity index (χ2n) is 4.49. The number of nitroso groups, excluding NO2 is 1. The lowest BCUT2D eigenvalue weighted by atomic mass is 10.1. The molecule has 0 spiro atoms. The predicted molar refractivity (Wildman–Crippen MR) is 79.3 cm³/mol. The van der Waals surface area contributed by atoms with Crippen molar-refractivity contribution in [1.82, 2.24) is 15.6 Å². The molecule has 0 radical (unpaired) electrons. The van der Waals surface area contributed by atoms with Crippen molar-refractivity contribution in [2.45, 2.75) is 6.42 Å². The molecular formula is C13H13N7O. The minimum absolute atomic E-state index is 0.0231. The average molecular weight is 283 g/mol. The van der Waals surface area contributed by atoms with Crippen molar-refractivity contribution in [3.8, 4) is 0 Å². The van der Waals surface area contributed by atoms with E-state index < -0.39 is 0 Å². The number of fused-ring (bicyclic) bond motifs is 1. The molecule has 106 valence electrons. The fourth-order valence-corrected chi connectivity index (χ4v) is 2.14. The van der Waals surface area contributed by atoms with E-state index in [1.165, 1.54) is 0 Å². The normalized spacial score (nSPS) is 17.0. The zero-order valence-electron chi connectivity index (χ0n) is 11.0. The first-order chi connectivity index (χ1) is 10.3. The van der Waals surface area contributed by atoms with Gasteiger partial charge in [-0.25, -0.2) is 0 Å². The SMILES string of the molecule is NC(=NN=O)C1=CN2C=NNC2=C(Cc2ccccc2)N1. The van der Waals surface area contributed by atoms with Crippen molar-refractivity contribution in [3.63, 3.8) is 0 Å². The highest BCUT2D eigenvalue weighted by Gasteiger charge is 2.24. The molecule has 0 unspecified atom stereocenters. The van der Waals surface area contributed by atoms with E-state index in [9.17, 15) is 4.91 Å². The Hall–Kier alpha value is -3.16. The number of hydrogen-bond donors (Lipinski definition) is 3. The van der Waals surface area contributed by atoms with Gasteiger partial charge in [-0.2, -0.15) is 5.10 Å². The molecule has 1 aromatic carbocycles. The summed E-state index contributed by atoms with van der Waals surface area (Å²) in [7, 11) is 0. The maximum absolute atomic E-state index is 10.2. The topological polar surface area (TPSA) is 107 Å². The summed E-state index contributed by atoms with van der Waals surface area (Å²) in [5.74, 6) is 0.837. The first-order valence-corrected chi connectivity index (χ1v) is 6.27. The number of benzene rings is 1. The second kappa shape index (κ2) is 5.45. The van der Waals surface area contributed by atoms with Crippen molar-refractivity contribution in [3.05, 3.63) is 64.2 Å². The van der Waals surface area contributed by atoms with Gasteiger partial charge in [0.2, 0.25) is 0 Å². The third-order valence-electron chi connectivity index (χ3n) is 3.10. The zero-order chi connectivity index (χ0) is 14.7. The molecule has 0 bridgehead atoms. The van der Waals surface area contributed by atoms with Crippen LogP contribution in [0, 0.1) is 4.91 Å². The van der Waals surface area contributed by atoms with E-state index >= 15 is 0 Å². The van der Waals surface area contributed by atoms with Crippen molar-refractivity contribution in [2.24, 2.45) is 21.2 Å². The van der Waals surface area contributed by atoms with Crippen molar-refractivity contribution in [1.29, 1.82) is 0 Å². The molecule has 2 aliphatic heterocycles. The summed E-state index contributed by atoms with van der Waals surface area (Å²) in [6.45, 7) is 0. The lowest BCUT2D eigenvalue weighted by molar-refractivity contribution is 0.610. The van der Waals surface area contributed by atoms with Crippen LogP contribution in [0.3, 0.4) is 0 Å². The summed E-state index contributed by atoms with van der Waals surface area (Å²) in [6, 6.07) is 9.96. The Morgan fingerprint density at radius 1 is 1.33 bits per heavy atom. The minimum Gasteiger partial charge on any atom is -0.380 e. The highest BCUT2D eigenvalue weighted by molar-refractivity contribution is 5.97. The monoisotopic (exact) mass is 283 g/mol. The summed E-state index contributed by atoms with van der Waals surface area (Å²) in [5.41, 5.74) is 11.1. The molecule has 0 saturated carbocycles. The first-order valence-electron chi connectivity index (χ1n) is 6.27. The molecule has 2 heterocycles. The van der Waals surface area contributed by atoms with Gasteiger partial charge in [0.25, 0.3) is 0 Å². The second-order valence-corrected chi connectivity index (χ2v) is 4.49. The first kappa shape index (κ1) is 12.9. The smallest absolute Gasteiger partial charge is 0.174 e. The Balaban J connectivity index is 1.89. The van der Waals surface area contributed by atoms with Crippen LogP contribution in [0.15, 0.2) is 69.2 Å². The Morgan fingerprint density at radius 3 is 2.90 bits per heavy atom. The van der Waals surface area contributed by atoms with Crippen LogP contribution >= 0.6 is 0 Å². The molecule has 4 N–H and O–H groups in total. The van der Waals surface area contributed by atoms with Crippen LogP contribution in [0.25, 0.3) is 0 Å². The van der Waals surface area contributed by atoms with Crippen LogP contribution in [0.2, 0.25) is 0 Å². The van der Waals surface area contributed by atoms with Gasteiger partial charge in [-0.15, -0.1) is 4.91 Å². The summed E-state index contributed by atoms with van der Waals surface area (Å²) in [5, 5.41) is 12.9. The van der Waals surface area contributed by atoms with Crippen LogP contribution in [0.1, 0.15) is 5.56 Å². The van der Waals surface area contributed by atoms with Crippen LogP contribution in [-0.2, 0) is 6.42 Å². The number of allylic oxidation sites excluding steroid dienone is 1. The van der Waals surface area contributed by atoms with Gasteiger partial charge in [0.05, 0.1) is 11.0 Å². The molecular weight excluding hydrogens is 270 g/mol. The van der Waals surface area contributed by atoms with E-state index in [0.29, 0.717) is 12.1 Å². The van der Waals surface area contributed by atoms with Gasteiger partial charge in [-0.05, 0) is 5.56 Å². The predicted octanol–water partition coefficient (Wildman–Crippen LogP) is 0.730. The Kier molecular flexibility index (Phi) is 3.34.